The highest BCUT2D eigenvalue weighted by molar-refractivity contribution is 6.09. The Bertz CT molecular complexity index is 924. The Kier molecular flexibility index (Phi) is 5.98. The highest BCUT2D eigenvalue weighted by Crippen LogP contribution is 2.26. The summed E-state index contributed by atoms with van der Waals surface area (Å²) in [6.07, 6.45) is 5.31. The summed E-state index contributed by atoms with van der Waals surface area (Å²) in [5.74, 6) is 0.941. The van der Waals surface area contributed by atoms with Crippen LogP contribution in [-0.2, 0) is 4.79 Å². The lowest BCUT2D eigenvalue weighted by atomic mass is 10.1. The lowest BCUT2D eigenvalue weighted by Crippen LogP contribution is -2.29. The van der Waals surface area contributed by atoms with Gasteiger partial charge < -0.3 is 16.0 Å². The van der Waals surface area contributed by atoms with Crippen LogP contribution in [0.2, 0.25) is 0 Å². The van der Waals surface area contributed by atoms with Gasteiger partial charge in [-0.1, -0.05) is 25.8 Å². The van der Waals surface area contributed by atoms with Crippen LogP contribution in [0.15, 0.2) is 24.3 Å². The number of terminal acetylenes is 1. The lowest BCUT2D eigenvalue weighted by molar-refractivity contribution is -0.116. The van der Waals surface area contributed by atoms with Crippen LogP contribution in [0.4, 0.5) is 11.4 Å². The van der Waals surface area contributed by atoms with Gasteiger partial charge in [-0.25, -0.2) is 0 Å². The fourth-order valence-corrected chi connectivity index (χ4v) is 2.55. The molecule has 4 N–H and O–H groups in total. The number of benzene rings is 1. The molecule has 3 amide bonds. The molecule has 0 bridgehead atoms. The Morgan fingerprint density at radius 2 is 2.07 bits per heavy atom. The summed E-state index contributed by atoms with van der Waals surface area (Å²) >= 11 is 0. The molecule has 0 aliphatic rings. The first-order chi connectivity index (χ1) is 12.8. The van der Waals surface area contributed by atoms with Gasteiger partial charge in [0, 0.05) is 18.2 Å². The number of carbonyl (C=O) groups excluding carboxylic acids is 3. The lowest BCUT2D eigenvalue weighted by Gasteiger charge is -2.19. The van der Waals surface area contributed by atoms with Crippen molar-refractivity contribution in [1.29, 1.82) is 0 Å². The molecule has 27 heavy (non-hydrogen) atoms. The van der Waals surface area contributed by atoms with Crippen molar-refractivity contribution >= 4 is 29.1 Å². The van der Waals surface area contributed by atoms with Gasteiger partial charge in [-0.15, -0.1) is 6.42 Å². The van der Waals surface area contributed by atoms with Crippen LogP contribution in [0.25, 0.3) is 0 Å². The van der Waals surface area contributed by atoms with E-state index in [1.165, 1.54) is 11.8 Å². The number of H-pyrrole nitrogens is 1. The van der Waals surface area contributed by atoms with Crippen LogP contribution < -0.4 is 16.0 Å². The molecule has 0 aliphatic heterocycles. The standard InChI is InChI=1S/C19H21N5O3/c1-5-9-24(12(4)25)14-8-6-7-13(10-14)19(27)21-16-15(11(2)3)22-23-17(16)18(20)26/h1,6-8,10-11H,9H2,2-4H3,(H2,20,26)(H,21,27)(H,22,23). The molecule has 0 saturated carbocycles. The fraction of sp³-hybridized carbons (Fsp3) is 0.263. The topological polar surface area (TPSA) is 121 Å². The summed E-state index contributed by atoms with van der Waals surface area (Å²) in [7, 11) is 0. The van der Waals surface area contributed by atoms with Crippen LogP contribution in [-0.4, -0.2) is 34.5 Å². The molecule has 1 aromatic heterocycles. The molecule has 0 fully saturated rings. The van der Waals surface area contributed by atoms with Gasteiger partial charge in [-0.05, 0) is 24.1 Å². The van der Waals surface area contributed by atoms with Crippen LogP contribution in [0.5, 0.6) is 0 Å². The van der Waals surface area contributed by atoms with Crippen molar-refractivity contribution in [1.82, 2.24) is 10.2 Å². The molecule has 0 aliphatic carbocycles. The number of aromatic amines is 1. The Labute approximate surface area is 157 Å². The van der Waals surface area contributed by atoms with Crippen molar-refractivity contribution in [2.75, 3.05) is 16.8 Å². The van der Waals surface area contributed by atoms with Gasteiger partial charge in [0.15, 0.2) is 5.69 Å². The Balaban J connectivity index is 2.36. The first-order valence-electron chi connectivity index (χ1n) is 8.27. The van der Waals surface area contributed by atoms with Crippen molar-refractivity contribution in [3.63, 3.8) is 0 Å². The van der Waals surface area contributed by atoms with E-state index in [1.54, 1.807) is 24.3 Å². The van der Waals surface area contributed by atoms with Crippen molar-refractivity contribution in [2.24, 2.45) is 5.73 Å². The van der Waals surface area contributed by atoms with Gasteiger partial charge in [0.2, 0.25) is 5.91 Å². The van der Waals surface area contributed by atoms with Crippen molar-refractivity contribution in [2.45, 2.75) is 26.7 Å². The molecule has 0 saturated heterocycles. The minimum atomic E-state index is -0.751. The van der Waals surface area contributed by atoms with Crippen LogP contribution in [0.3, 0.4) is 0 Å². The largest absolute Gasteiger partial charge is 0.364 e. The molecule has 2 aromatic rings. The summed E-state index contributed by atoms with van der Waals surface area (Å²) in [6, 6.07) is 6.46. The molecular formula is C19H21N5O3. The summed E-state index contributed by atoms with van der Waals surface area (Å²) in [5.41, 5.74) is 6.93. The minimum absolute atomic E-state index is 0.0175. The smallest absolute Gasteiger partial charge is 0.271 e. The third-order valence-electron chi connectivity index (χ3n) is 3.89. The zero-order valence-electron chi connectivity index (χ0n) is 15.4. The molecule has 8 heteroatoms. The molecule has 140 valence electrons. The van der Waals surface area contributed by atoms with E-state index in [0.29, 0.717) is 16.9 Å². The summed E-state index contributed by atoms with van der Waals surface area (Å²) in [5, 5.41) is 9.31. The van der Waals surface area contributed by atoms with Gasteiger partial charge >= 0.3 is 0 Å². The minimum Gasteiger partial charge on any atom is -0.364 e. The zero-order valence-corrected chi connectivity index (χ0v) is 15.4. The van der Waals surface area contributed by atoms with E-state index >= 15 is 0 Å². The second-order valence-electron chi connectivity index (χ2n) is 6.19. The van der Waals surface area contributed by atoms with Crippen molar-refractivity contribution in [3.05, 3.63) is 41.2 Å². The van der Waals surface area contributed by atoms with E-state index in [2.05, 4.69) is 21.4 Å². The Hall–Kier alpha value is -3.60. The van der Waals surface area contributed by atoms with Gasteiger partial charge in [0.1, 0.15) is 0 Å². The second-order valence-corrected chi connectivity index (χ2v) is 6.19. The van der Waals surface area contributed by atoms with Gasteiger partial charge in [-0.2, -0.15) is 5.10 Å². The number of nitrogens with two attached hydrogens (primary N) is 1. The molecule has 1 aromatic carbocycles. The number of carbonyl (C=O) groups is 3. The monoisotopic (exact) mass is 367 g/mol. The Morgan fingerprint density at radius 3 is 2.63 bits per heavy atom. The summed E-state index contributed by atoms with van der Waals surface area (Å²) < 4.78 is 0. The average Bonchev–Trinajstić information content (AvgIpc) is 3.03. The molecule has 2 rings (SSSR count). The van der Waals surface area contributed by atoms with E-state index < -0.39 is 11.8 Å². The number of anilines is 2. The third kappa shape index (κ3) is 4.33. The number of primary amides is 1. The van der Waals surface area contributed by atoms with E-state index in [0.717, 1.165) is 0 Å². The quantitative estimate of drug-likeness (QED) is 0.675. The summed E-state index contributed by atoms with van der Waals surface area (Å²) in [6.45, 7) is 5.26. The molecule has 0 unspecified atom stereocenters. The highest BCUT2D eigenvalue weighted by Gasteiger charge is 2.22. The molecule has 0 atom stereocenters. The zero-order chi connectivity index (χ0) is 20.1. The Morgan fingerprint density at radius 1 is 1.37 bits per heavy atom. The maximum Gasteiger partial charge on any atom is 0.271 e. The maximum absolute atomic E-state index is 12.7. The van der Waals surface area contributed by atoms with E-state index in [1.807, 2.05) is 13.8 Å². The molecule has 8 nitrogen and oxygen atoms in total. The van der Waals surface area contributed by atoms with Crippen LogP contribution in [0, 0.1) is 12.3 Å². The molecule has 0 radical (unpaired) electrons. The van der Waals surface area contributed by atoms with Crippen molar-refractivity contribution in [3.8, 4) is 12.3 Å². The fourth-order valence-electron chi connectivity index (χ4n) is 2.55. The first kappa shape index (κ1) is 19.7. The van der Waals surface area contributed by atoms with Crippen molar-refractivity contribution < 1.29 is 14.4 Å². The number of rotatable bonds is 6. The van der Waals surface area contributed by atoms with Gasteiger partial charge in [0.05, 0.1) is 17.9 Å². The molecular weight excluding hydrogens is 346 g/mol. The van der Waals surface area contributed by atoms with Gasteiger partial charge in [-0.3, -0.25) is 19.5 Å². The third-order valence-corrected chi connectivity index (χ3v) is 3.89. The van der Waals surface area contributed by atoms with Gasteiger partial charge in [0.25, 0.3) is 11.8 Å². The number of amides is 3. The van der Waals surface area contributed by atoms with Crippen LogP contribution in [0.1, 0.15) is 53.2 Å². The number of nitrogens with one attached hydrogen (secondary N) is 2. The second kappa shape index (κ2) is 8.19. The number of aromatic nitrogens is 2. The summed E-state index contributed by atoms with van der Waals surface area (Å²) in [4.78, 5) is 37.5. The van der Waals surface area contributed by atoms with E-state index in [-0.39, 0.29) is 29.8 Å². The predicted octanol–water partition coefficient (Wildman–Crippen LogP) is 1.87. The van der Waals surface area contributed by atoms with Crippen LogP contribution >= 0.6 is 0 Å². The predicted molar refractivity (Wildman–Crippen MR) is 102 cm³/mol. The maximum atomic E-state index is 12.7. The average molecular weight is 367 g/mol. The normalized spacial score (nSPS) is 10.3. The molecule has 1 heterocycles. The number of hydrogen-bond acceptors (Lipinski definition) is 4. The SMILES string of the molecule is C#CCN(C(C)=O)c1cccc(C(=O)Nc2c(C(N)=O)n[nH]c2C(C)C)c1. The number of hydrogen-bond donors (Lipinski definition) is 3. The number of nitrogens with zero attached hydrogens (tertiary/aromatic N) is 2. The first-order valence-corrected chi connectivity index (χ1v) is 8.27. The van der Waals surface area contributed by atoms with E-state index in [4.69, 9.17) is 12.2 Å². The highest BCUT2D eigenvalue weighted by atomic mass is 16.2. The van der Waals surface area contributed by atoms with E-state index in [9.17, 15) is 14.4 Å². The molecule has 0 spiro atoms.